The third-order valence-corrected chi connectivity index (χ3v) is 6.93. The first-order valence-electron chi connectivity index (χ1n) is 10.3. The van der Waals surface area contributed by atoms with Crippen molar-refractivity contribution in [2.24, 2.45) is 5.10 Å². The molecule has 0 radical (unpaired) electrons. The van der Waals surface area contributed by atoms with Crippen molar-refractivity contribution in [3.8, 4) is 5.75 Å². The van der Waals surface area contributed by atoms with Crippen molar-refractivity contribution in [3.05, 3.63) is 106 Å². The van der Waals surface area contributed by atoms with Gasteiger partial charge in [0, 0.05) is 12.0 Å². The second-order valence-corrected chi connectivity index (χ2v) is 9.01. The number of nitrogens with one attached hydrogen (secondary N) is 1. The topological polar surface area (TPSA) is 53.9 Å². The second kappa shape index (κ2) is 7.24. The highest BCUT2D eigenvalue weighted by molar-refractivity contribution is 8.05. The van der Waals surface area contributed by atoms with Crippen molar-refractivity contribution in [2.75, 3.05) is 0 Å². The summed E-state index contributed by atoms with van der Waals surface area (Å²) in [6.45, 7) is 0. The third kappa shape index (κ3) is 3.08. The summed E-state index contributed by atoms with van der Waals surface area (Å²) >= 11 is 1.28. The average molecular weight is 444 g/mol. The molecule has 3 aliphatic heterocycles. The van der Waals surface area contributed by atoms with Crippen LogP contribution < -0.4 is 10.1 Å². The third-order valence-electron chi connectivity index (χ3n) is 5.76. The molecule has 1 N–H and O–H groups in total. The van der Waals surface area contributed by atoms with Crippen LogP contribution >= 0.6 is 11.8 Å². The molecule has 1 fully saturated rings. The number of carbonyl (C=O) groups excluding carboxylic acids is 1. The molecule has 1 spiro atoms. The van der Waals surface area contributed by atoms with Gasteiger partial charge in [0.15, 0.2) is 0 Å². The molecular weight excluding hydrogens is 425 g/mol. The fourth-order valence-electron chi connectivity index (χ4n) is 4.26. The van der Waals surface area contributed by atoms with E-state index in [4.69, 9.17) is 9.84 Å². The van der Waals surface area contributed by atoms with E-state index < -0.39 is 5.18 Å². The maximum Gasteiger partial charge on any atom is 0.336 e. The number of fused-ring (bicyclic) bond motifs is 4. The second-order valence-electron chi connectivity index (χ2n) is 7.82. The highest BCUT2D eigenvalue weighted by atomic mass is 32.2. The SMILES string of the molecule is O=C1N[C@]2(Oc3ccccc3[C@@H]3CC(c4ccccc4)=NN32)S/C1=C\c1ccc(F)cc1. The van der Waals surface area contributed by atoms with Crippen LogP contribution in [0.25, 0.3) is 6.08 Å². The molecule has 0 bridgehead atoms. The number of hydrogen-bond donors (Lipinski definition) is 1. The zero-order valence-corrected chi connectivity index (χ0v) is 17.7. The standard InChI is InChI=1S/C25H18FN3O2S/c26-18-12-10-16(11-13-18)14-23-24(30)27-25(32-23)29-21(19-8-4-5-9-22(19)31-25)15-20(28-29)17-6-2-1-3-7-17/h1-14,21H,15H2,(H,27,30)/b23-14-/t21-,25-/m0/s1. The first kappa shape index (κ1) is 19.1. The van der Waals surface area contributed by atoms with E-state index >= 15 is 0 Å². The van der Waals surface area contributed by atoms with Crippen LogP contribution in [0.2, 0.25) is 0 Å². The Bertz CT molecular complexity index is 1280. The van der Waals surface area contributed by atoms with Crippen LogP contribution in [-0.2, 0) is 4.79 Å². The lowest BCUT2D eigenvalue weighted by atomic mass is 9.97. The minimum Gasteiger partial charge on any atom is -0.439 e. The van der Waals surface area contributed by atoms with Crippen LogP contribution in [0.5, 0.6) is 5.75 Å². The Morgan fingerprint density at radius 3 is 2.62 bits per heavy atom. The number of amides is 1. The smallest absolute Gasteiger partial charge is 0.336 e. The summed E-state index contributed by atoms with van der Waals surface area (Å²) in [5, 5.41) is 8.61. The van der Waals surface area contributed by atoms with Gasteiger partial charge in [0.2, 0.25) is 0 Å². The van der Waals surface area contributed by atoms with Gasteiger partial charge >= 0.3 is 5.18 Å². The molecule has 0 aromatic heterocycles. The molecule has 0 aliphatic carbocycles. The molecule has 7 heteroatoms. The quantitative estimate of drug-likeness (QED) is 0.574. The molecule has 1 saturated heterocycles. The Morgan fingerprint density at radius 1 is 1.06 bits per heavy atom. The molecule has 3 aromatic rings. The Kier molecular flexibility index (Phi) is 4.33. The van der Waals surface area contributed by atoms with E-state index in [0.29, 0.717) is 11.3 Å². The van der Waals surface area contributed by atoms with Gasteiger partial charge in [-0.25, -0.2) is 9.40 Å². The predicted octanol–water partition coefficient (Wildman–Crippen LogP) is 4.88. The van der Waals surface area contributed by atoms with Crippen molar-refractivity contribution in [1.82, 2.24) is 10.3 Å². The number of thioether (sulfide) groups is 1. The van der Waals surface area contributed by atoms with Gasteiger partial charge in [-0.05, 0) is 47.2 Å². The van der Waals surface area contributed by atoms with Gasteiger partial charge in [-0.1, -0.05) is 60.7 Å². The fraction of sp³-hybridized carbons (Fsp3) is 0.120. The lowest BCUT2D eigenvalue weighted by Gasteiger charge is -2.43. The van der Waals surface area contributed by atoms with Crippen molar-refractivity contribution in [3.63, 3.8) is 0 Å². The first-order chi connectivity index (χ1) is 15.6. The fourth-order valence-corrected chi connectivity index (χ4v) is 5.43. The first-order valence-corrected chi connectivity index (χ1v) is 11.1. The molecule has 3 heterocycles. The molecule has 3 aromatic carbocycles. The molecule has 5 nitrogen and oxygen atoms in total. The largest absolute Gasteiger partial charge is 0.439 e. The van der Waals surface area contributed by atoms with Crippen molar-refractivity contribution < 1.29 is 13.9 Å². The minimum absolute atomic E-state index is 0.0619. The number of hydrogen-bond acceptors (Lipinski definition) is 5. The lowest BCUT2D eigenvalue weighted by molar-refractivity contribution is -0.127. The van der Waals surface area contributed by atoms with Crippen LogP contribution in [0.3, 0.4) is 0 Å². The summed E-state index contributed by atoms with van der Waals surface area (Å²) in [4.78, 5) is 13.4. The molecular formula is C25H18FN3O2S. The molecule has 6 rings (SSSR count). The van der Waals surface area contributed by atoms with E-state index in [-0.39, 0.29) is 17.8 Å². The normalized spacial score (nSPS) is 24.7. The number of nitrogens with zero attached hydrogens (tertiary/aromatic N) is 2. The molecule has 158 valence electrons. The summed E-state index contributed by atoms with van der Waals surface area (Å²) in [5.74, 6) is 0.164. The Labute approximate surface area is 188 Å². The van der Waals surface area contributed by atoms with Crippen LogP contribution in [0, 0.1) is 5.82 Å². The van der Waals surface area contributed by atoms with Crippen molar-refractivity contribution >= 4 is 29.5 Å². The van der Waals surface area contributed by atoms with Gasteiger partial charge < -0.3 is 4.74 Å². The molecule has 3 aliphatic rings. The number of hydrazone groups is 1. The van der Waals surface area contributed by atoms with E-state index in [2.05, 4.69) is 5.32 Å². The van der Waals surface area contributed by atoms with E-state index in [1.54, 1.807) is 18.2 Å². The van der Waals surface area contributed by atoms with Gasteiger partial charge in [-0.3, -0.25) is 10.1 Å². The van der Waals surface area contributed by atoms with Crippen molar-refractivity contribution in [1.29, 1.82) is 0 Å². The molecule has 1 amide bonds. The molecule has 0 unspecified atom stereocenters. The summed E-state index contributed by atoms with van der Waals surface area (Å²) in [6.07, 6.45) is 2.45. The lowest BCUT2D eigenvalue weighted by Crippen LogP contribution is -2.58. The number of benzene rings is 3. The van der Waals surface area contributed by atoms with E-state index in [1.807, 2.05) is 59.6 Å². The van der Waals surface area contributed by atoms with Crippen LogP contribution in [-0.4, -0.2) is 21.8 Å². The van der Waals surface area contributed by atoms with E-state index in [1.165, 1.54) is 23.9 Å². The van der Waals surface area contributed by atoms with Gasteiger partial charge in [-0.15, -0.1) is 0 Å². The molecule has 32 heavy (non-hydrogen) atoms. The molecule has 2 atom stereocenters. The number of carbonyl (C=O) groups is 1. The summed E-state index contributed by atoms with van der Waals surface area (Å²) < 4.78 is 19.7. The van der Waals surface area contributed by atoms with Gasteiger partial charge in [0.1, 0.15) is 11.6 Å². The van der Waals surface area contributed by atoms with Crippen LogP contribution in [0.4, 0.5) is 4.39 Å². The van der Waals surface area contributed by atoms with E-state index in [0.717, 1.165) is 28.2 Å². The highest BCUT2D eigenvalue weighted by Gasteiger charge is 2.57. The summed E-state index contributed by atoms with van der Waals surface area (Å²) in [6, 6.07) is 23.9. The van der Waals surface area contributed by atoms with E-state index in [9.17, 15) is 9.18 Å². The van der Waals surface area contributed by atoms with Gasteiger partial charge in [0.05, 0.1) is 16.7 Å². The monoisotopic (exact) mass is 443 g/mol. The zero-order chi connectivity index (χ0) is 21.7. The number of para-hydroxylation sites is 1. The van der Waals surface area contributed by atoms with Crippen molar-refractivity contribution in [2.45, 2.75) is 17.6 Å². The highest BCUT2D eigenvalue weighted by Crippen LogP contribution is 2.53. The van der Waals surface area contributed by atoms with Gasteiger partial charge in [-0.2, -0.15) is 5.10 Å². The summed E-state index contributed by atoms with van der Waals surface area (Å²) in [5.41, 5.74) is 3.77. The maximum atomic E-state index is 13.3. The summed E-state index contributed by atoms with van der Waals surface area (Å²) in [7, 11) is 0. The average Bonchev–Trinajstić information content (AvgIpc) is 3.39. The van der Waals surface area contributed by atoms with Crippen LogP contribution in [0.1, 0.15) is 29.2 Å². The minimum atomic E-state index is -1.18. The van der Waals surface area contributed by atoms with Gasteiger partial charge in [0.25, 0.3) is 5.91 Å². The number of ether oxygens (including phenoxy) is 1. The number of rotatable bonds is 2. The van der Waals surface area contributed by atoms with Crippen LogP contribution in [0.15, 0.2) is 88.9 Å². The predicted molar refractivity (Wildman–Crippen MR) is 122 cm³/mol. The Morgan fingerprint density at radius 2 is 1.81 bits per heavy atom. The Balaban J connectivity index is 1.42. The maximum absolute atomic E-state index is 13.3. The zero-order valence-electron chi connectivity index (χ0n) is 16.9. The Hall–Kier alpha value is -3.58. The number of halogens is 1. The molecule has 0 saturated carbocycles.